The van der Waals surface area contributed by atoms with Crippen LogP contribution in [-0.4, -0.2) is 61.1 Å². The number of benzene rings is 2. The maximum atomic E-state index is 13.7. The van der Waals surface area contributed by atoms with E-state index in [1.807, 2.05) is 13.8 Å². The van der Waals surface area contributed by atoms with Crippen molar-refractivity contribution in [1.82, 2.24) is 14.7 Å². The summed E-state index contributed by atoms with van der Waals surface area (Å²) < 4.78 is 28.9. The smallest absolute Gasteiger partial charge is 1.00 e. The summed E-state index contributed by atoms with van der Waals surface area (Å²) in [6.45, 7) is 3.98. The molecule has 0 fully saturated rings. The number of carboxylic acid groups (broad SMARTS) is 1. The first-order chi connectivity index (χ1) is 18.0. The number of carbonyl (C=O) groups is 2. The number of rotatable bonds is 12. The second-order valence-electron chi connectivity index (χ2n) is 9.72. The van der Waals surface area contributed by atoms with Crippen molar-refractivity contribution in [3.05, 3.63) is 82.7 Å². The van der Waals surface area contributed by atoms with Crippen molar-refractivity contribution in [1.29, 1.82) is 0 Å². The molecule has 1 amide bonds. The van der Waals surface area contributed by atoms with E-state index in [4.69, 9.17) is 5.11 Å². The van der Waals surface area contributed by atoms with Gasteiger partial charge in [-0.05, 0) is 67.1 Å². The molecule has 11 heteroatoms. The number of carbonyl (C=O) groups excluding carboxylic acids is 1. The van der Waals surface area contributed by atoms with Crippen molar-refractivity contribution < 1.29 is 64.7 Å². The molecule has 0 spiro atoms. The summed E-state index contributed by atoms with van der Waals surface area (Å²) in [5, 5.41) is 33.8. The second kappa shape index (κ2) is 14.7. The Balaban J connectivity index is 0.00000400. The number of carboxylic acids is 1. The number of aliphatic hydroxyl groups excluding tert-OH is 2. The molecule has 2 atom stereocenters. The summed E-state index contributed by atoms with van der Waals surface area (Å²) in [5.74, 6) is -2.51. The zero-order valence-corrected chi connectivity index (χ0v) is 24.6. The number of halogens is 2. The molecule has 0 aliphatic heterocycles. The molecule has 0 saturated heterocycles. The van der Waals surface area contributed by atoms with Crippen molar-refractivity contribution in [3.63, 3.8) is 0 Å². The Bertz CT molecular complexity index is 1270. The molecule has 1 aromatic heterocycles. The van der Waals surface area contributed by atoms with E-state index in [2.05, 4.69) is 5.10 Å². The van der Waals surface area contributed by atoms with Crippen molar-refractivity contribution in [2.45, 2.75) is 64.2 Å². The maximum absolute atomic E-state index is 13.7. The van der Waals surface area contributed by atoms with Crippen molar-refractivity contribution in [3.8, 4) is 5.69 Å². The van der Waals surface area contributed by atoms with E-state index in [-0.39, 0.29) is 74.3 Å². The average Bonchev–Trinajstić information content (AvgIpc) is 3.22. The van der Waals surface area contributed by atoms with E-state index in [0.29, 0.717) is 22.5 Å². The monoisotopic (exact) mass is 553 g/mol. The number of nitrogens with zero attached hydrogens (tertiary/aromatic N) is 3. The van der Waals surface area contributed by atoms with E-state index in [1.54, 1.807) is 23.9 Å². The van der Waals surface area contributed by atoms with Crippen LogP contribution in [0.2, 0.25) is 0 Å². The quantitative estimate of drug-likeness (QED) is 0.290. The molecule has 0 radical (unpaired) electrons. The summed E-state index contributed by atoms with van der Waals surface area (Å²) in [6.07, 6.45) is -2.33. The summed E-state index contributed by atoms with van der Waals surface area (Å²) in [7, 11) is 1.60. The number of aliphatic carboxylic acids is 1. The normalized spacial score (nSPS) is 12.6. The number of hydrogen-bond acceptors (Lipinski definition) is 5. The van der Waals surface area contributed by atoms with Gasteiger partial charge in [0.15, 0.2) is 5.69 Å². The fourth-order valence-electron chi connectivity index (χ4n) is 4.45. The summed E-state index contributed by atoms with van der Waals surface area (Å²) in [5.41, 5.74) is 2.63. The molecule has 2 aromatic carbocycles. The van der Waals surface area contributed by atoms with Gasteiger partial charge in [0.25, 0.3) is 5.91 Å². The van der Waals surface area contributed by atoms with E-state index in [9.17, 15) is 28.6 Å². The van der Waals surface area contributed by atoms with Crippen LogP contribution in [0.25, 0.3) is 5.69 Å². The van der Waals surface area contributed by atoms with E-state index >= 15 is 0 Å². The number of hydrogen-bond donors (Lipinski definition) is 3. The third-order valence-electron chi connectivity index (χ3n) is 6.20. The van der Waals surface area contributed by atoms with Crippen LogP contribution in [0.15, 0.2) is 48.5 Å². The van der Waals surface area contributed by atoms with Gasteiger partial charge < -0.3 is 21.6 Å². The number of aliphatic hydroxyl groups is 2. The molecule has 3 rings (SSSR count). The Hall–Kier alpha value is -2.63. The standard InChI is InChI=1S/C28H33F2N3O5.Na.H/c1-17(2)26-24(12-11-22(34)14-23(35)15-25(36)37)33(21-9-7-19(29)8-10-21)31-27(26)28(38)32(3)16-18-5-4-6-20(30)13-18;;/h4-10,13,17,22-23,34-35H,11-12,14-16H2,1-3H3,(H,36,37);;/q;+1;-1. The van der Waals surface area contributed by atoms with E-state index < -0.39 is 36.2 Å². The van der Waals surface area contributed by atoms with Crippen LogP contribution in [0.4, 0.5) is 8.78 Å². The van der Waals surface area contributed by atoms with Crippen LogP contribution in [0.3, 0.4) is 0 Å². The molecular formula is C28H34F2N3NaO5. The van der Waals surface area contributed by atoms with Crippen molar-refractivity contribution in [2.24, 2.45) is 0 Å². The topological polar surface area (TPSA) is 116 Å². The van der Waals surface area contributed by atoms with Crippen molar-refractivity contribution in [2.75, 3.05) is 7.05 Å². The molecule has 0 aliphatic rings. The fourth-order valence-corrected chi connectivity index (χ4v) is 4.45. The van der Waals surface area contributed by atoms with Gasteiger partial charge in [-0.3, -0.25) is 9.59 Å². The van der Waals surface area contributed by atoms with Crippen LogP contribution in [0, 0.1) is 11.6 Å². The molecule has 2 unspecified atom stereocenters. The maximum Gasteiger partial charge on any atom is 1.00 e. The van der Waals surface area contributed by atoms with Gasteiger partial charge in [-0.15, -0.1) is 0 Å². The van der Waals surface area contributed by atoms with Gasteiger partial charge in [0.2, 0.25) is 0 Å². The Labute approximate surface area is 250 Å². The first-order valence-corrected chi connectivity index (χ1v) is 12.4. The molecule has 1 heterocycles. The minimum Gasteiger partial charge on any atom is -1.00 e. The summed E-state index contributed by atoms with van der Waals surface area (Å²) >= 11 is 0. The fraction of sp³-hybridized carbons (Fsp3) is 0.393. The van der Waals surface area contributed by atoms with Crippen LogP contribution in [0.5, 0.6) is 0 Å². The zero-order chi connectivity index (χ0) is 28.0. The molecule has 0 saturated carbocycles. The minimum absolute atomic E-state index is 0. The number of aromatic nitrogens is 2. The van der Waals surface area contributed by atoms with Gasteiger partial charge in [-0.25, -0.2) is 13.5 Å². The van der Waals surface area contributed by atoms with Gasteiger partial charge in [0, 0.05) is 24.8 Å². The van der Waals surface area contributed by atoms with Gasteiger partial charge in [-0.1, -0.05) is 26.0 Å². The minimum atomic E-state index is -1.19. The van der Waals surface area contributed by atoms with Gasteiger partial charge in [-0.2, -0.15) is 5.10 Å². The molecular weight excluding hydrogens is 519 g/mol. The molecule has 0 bridgehead atoms. The Morgan fingerprint density at radius 1 is 1.05 bits per heavy atom. The Kier molecular flexibility index (Phi) is 12.3. The number of amides is 1. The van der Waals surface area contributed by atoms with Gasteiger partial charge >= 0.3 is 35.5 Å². The first-order valence-electron chi connectivity index (χ1n) is 12.4. The Morgan fingerprint density at radius 3 is 2.31 bits per heavy atom. The Morgan fingerprint density at radius 2 is 1.72 bits per heavy atom. The molecule has 206 valence electrons. The largest absolute Gasteiger partial charge is 1.00 e. The average molecular weight is 554 g/mol. The predicted octanol–water partition coefficient (Wildman–Crippen LogP) is 1.18. The second-order valence-corrected chi connectivity index (χ2v) is 9.72. The predicted molar refractivity (Wildman–Crippen MR) is 138 cm³/mol. The molecule has 3 N–H and O–H groups in total. The molecule has 0 aliphatic carbocycles. The summed E-state index contributed by atoms with van der Waals surface area (Å²) in [6, 6.07) is 11.6. The molecule has 8 nitrogen and oxygen atoms in total. The van der Waals surface area contributed by atoms with Gasteiger partial charge in [0.1, 0.15) is 11.6 Å². The molecule has 39 heavy (non-hydrogen) atoms. The van der Waals surface area contributed by atoms with E-state index in [1.165, 1.54) is 41.3 Å². The van der Waals surface area contributed by atoms with Crippen LogP contribution < -0.4 is 29.6 Å². The SMILES string of the molecule is CC(C)c1c(C(=O)N(C)Cc2cccc(F)c2)nn(-c2ccc(F)cc2)c1CCC(O)CC(O)CC(=O)O.[H-].[Na+]. The summed E-state index contributed by atoms with van der Waals surface area (Å²) in [4.78, 5) is 25.8. The zero-order valence-electron chi connectivity index (χ0n) is 23.6. The first kappa shape index (κ1) is 32.6. The van der Waals surface area contributed by atoms with E-state index in [0.717, 1.165) is 0 Å². The third kappa shape index (κ3) is 8.94. The van der Waals surface area contributed by atoms with Crippen LogP contribution in [-0.2, 0) is 17.8 Å². The van der Waals surface area contributed by atoms with Crippen LogP contribution in [0.1, 0.15) is 67.8 Å². The van der Waals surface area contributed by atoms with Crippen LogP contribution >= 0.6 is 0 Å². The third-order valence-corrected chi connectivity index (χ3v) is 6.20. The molecule has 3 aromatic rings. The van der Waals surface area contributed by atoms with Gasteiger partial charge in [0.05, 0.1) is 24.3 Å². The van der Waals surface area contributed by atoms with Crippen molar-refractivity contribution >= 4 is 11.9 Å².